The third kappa shape index (κ3) is 3.35. The lowest BCUT2D eigenvalue weighted by molar-refractivity contribution is -0.130. The smallest absolute Gasteiger partial charge is 0.222 e. The molecule has 1 unspecified atom stereocenters. The van der Waals surface area contributed by atoms with Crippen molar-refractivity contribution < 1.29 is 4.79 Å². The summed E-state index contributed by atoms with van der Waals surface area (Å²) < 4.78 is 0. The average molecular weight is 184 g/mol. The first-order chi connectivity index (χ1) is 6.09. The van der Waals surface area contributed by atoms with E-state index in [1.54, 1.807) is 0 Å². The quantitative estimate of drug-likeness (QED) is 0.710. The van der Waals surface area contributed by atoms with Gasteiger partial charge in [0.15, 0.2) is 0 Å². The summed E-state index contributed by atoms with van der Waals surface area (Å²) in [6.45, 7) is 5.90. The van der Waals surface area contributed by atoms with Gasteiger partial charge in [0, 0.05) is 25.6 Å². The van der Waals surface area contributed by atoms with Crippen molar-refractivity contribution in [2.75, 3.05) is 13.1 Å². The highest BCUT2D eigenvalue weighted by Gasteiger charge is 2.22. The number of likely N-dealkylation sites (tertiary alicyclic amines) is 1. The fraction of sp³-hybridized carbons (Fsp3) is 0.900. The number of nitrogens with two attached hydrogens (primary N) is 1. The van der Waals surface area contributed by atoms with Crippen molar-refractivity contribution in [2.45, 2.75) is 39.2 Å². The van der Waals surface area contributed by atoms with Gasteiger partial charge in [-0.3, -0.25) is 4.79 Å². The number of hydrogen-bond acceptors (Lipinski definition) is 2. The van der Waals surface area contributed by atoms with Crippen LogP contribution in [-0.4, -0.2) is 29.9 Å². The summed E-state index contributed by atoms with van der Waals surface area (Å²) in [5, 5.41) is 0. The molecule has 0 spiro atoms. The molecule has 1 heterocycles. The third-order valence-corrected chi connectivity index (χ3v) is 2.51. The van der Waals surface area contributed by atoms with Gasteiger partial charge in [0.25, 0.3) is 0 Å². The molecule has 3 nitrogen and oxygen atoms in total. The van der Waals surface area contributed by atoms with Crippen molar-refractivity contribution in [2.24, 2.45) is 11.7 Å². The van der Waals surface area contributed by atoms with E-state index in [9.17, 15) is 4.79 Å². The van der Waals surface area contributed by atoms with E-state index in [0.717, 1.165) is 25.9 Å². The highest BCUT2D eigenvalue weighted by atomic mass is 16.2. The number of carbonyl (C=O) groups excluding carboxylic acids is 1. The van der Waals surface area contributed by atoms with E-state index in [4.69, 9.17) is 5.73 Å². The van der Waals surface area contributed by atoms with Crippen LogP contribution in [0.2, 0.25) is 0 Å². The van der Waals surface area contributed by atoms with Gasteiger partial charge in [-0.1, -0.05) is 13.8 Å². The fourth-order valence-corrected chi connectivity index (χ4v) is 1.58. The molecule has 3 heteroatoms. The first kappa shape index (κ1) is 10.5. The van der Waals surface area contributed by atoms with Crippen LogP contribution in [0.5, 0.6) is 0 Å². The predicted molar refractivity (Wildman–Crippen MR) is 53.2 cm³/mol. The maximum Gasteiger partial charge on any atom is 0.222 e. The van der Waals surface area contributed by atoms with Crippen molar-refractivity contribution in [3.05, 3.63) is 0 Å². The summed E-state index contributed by atoms with van der Waals surface area (Å²) in [7, 11) is 0. The number of hydrogen-bond donors (Lipinski definition) is 1. The molecule has 0 bridgehead atoms. The molecule has 1 fully saturated rings. The van der Waals surface area contributed by atoms with Crippen molar-refractivity contribution in [1.82, 2.24) is 4.90 Å². The molecule has 2 N–H and O–H groups in total. The first-order valence-corrected chi connectivity index (χ1v) is 5.13. The maximum absolute atomic E-state index is 11.6. The van der Waals surface area contributed by atoms with Crippen LogP contribution in [0.15, 0.2) is 0 Å². The van der Waals surface area contributed by atoms with Crippen LogP contribution in [0.1, 0.15) is 33.1 Å². The van der Waals surface area contributed by atoms with Gasteiger partial charge in [-0.25, -0.2) is 0 Å². The van der Waals surface area contributed by atoms with Gasteiger partial charge in [0.2, 0.25) is 5.91 Å². The molecule has 76 valence electrons. The van der Waals surface area contributed by atoms with Crippen molar-refractivity contribution in [3.63, 3.8) is 0 Å². The molecular weight excluding hydrogens is 164 g/mol. The molecule has 1 aliphatic heterocycles. The minimum atomic E-state index is 0.211. The molecule has 1 saturated heterocycles. The number of nitrogens with zero attached hydrogens (tertiary/aromatic N) is 1. The number of carbonyl (C=O) groups is 1. The van der Waals surface area contributed by atoms with Crippen molar-refractivity contribution >= 4 is 5.91 Å². The second-order valence-electron chi connectivity index (χ2n) is 4.32. The SMILES string of the molecule is CC(C)CCC(=O)N1CCC(N)C1. The predicted octanol–water partition coefficient (Wildman–Crippen LogP) is 0.982. The zero-order chi connectivity index (χ0) is 9.84. The molecule has 0 aromatic carbocycles. The van der Waals surface area contributed by atoms with E-state index in [2.05, 4.69) is 13.8 Å². The van der Waals surface area contributed by atoms with E-state index in [0.29, 0.717) is 12.3 Å². The van der Waals surface area contributed by atoms with Crippen LogP contribution in [0.4, 0.5) is 0 Å². The Morgan fingerprint density at radius 1 is 1.62 bits per heavy atom. The highest BCUT2D eigenvalue weighted by Crippen LogP contribution is 2.11. The summed E-state index contributed by atoms with van der Waals surface area (Å²) in [4.78, 5) is 13.5. The second-order valence-corrected chi connectivity index (χ2v) is 4.32. The third-order valence-electron chi connectivity index (χ3n) is 2.51. The van der Waals surface area contributed by atoms with Crippen LogP contribution in [-0.2, 0) is 4.79 Å². The summed E-state index contributed by atoms with van der Waals surface area (Å²) in [5.74, 6) is 0.891. The van der Waals surface area contributed by atoms with Gasteiger partial charge < -0.3 is 10.6 Å². The van der Waals surface area contributed by atoms with E-state index < -0.39 is 0 Å². The fourth-order valence-electron chi connectivity index (χ4n) is 1.58. The normalized spacial score (nSPS) is 22.8. The summed E-state index contributed by atoms with van der Waals surface area (Å²) >= 11 is 0. The molecule has 1 amide bonds. The van der Waals surface area contributed by atoms with Crippen molar-refractivity contribution in [3.8, 4) is 0 Å². The number of amides is 1. The molecule has 0 radical (unpaired) electrons. The molecule has 1 aliphatic rings. The topological polar surface area (TPSA) is 46.3 Å². The van der Waals surface area contributed by atoms with Crippen LogP contribution in [0.25, 0.3) is 0 Å². The summed E-state index contributed by atoms with van der Waals surface area (Å²) in [6, 6.07) is 0.211. The largest absolute Gasteiger partial charge is 0.341 e. The Morgan fingerprint density at radius 3 is 2.77 bits per heavy atom. The van der Waals surface area contributed by atoms with Crippen LogP contribution in [0, 0.1) is 5.92 Å². The van der Waals surface area contributed by atoms with E-state index >= 15 is 0 Å². The Labute approximate surface area is 80.3 Å². The lowest BCUT2D eigenvalue weighted by atomic mass is 10.1. The van der Waals surface area contributed by atoms with Gasteiger partial charge >= 0.3 is 0 Å². The minimum absolute atomic E-state index is 0.211. The molecule has 0 saturated carbocycles. The average Bonchev–Trinajstić information content (AvgIpc) is 2.47. The molecule has 0 aromatic rings. The summed E-state index contributed by atoms with van der Waals surface area (Å²) in [5.41, 5.74) is 5.72. The van der Waals surface area contributed by atoms with E-state index in [-0.39, 0.29) is 11.9 Å². The zero-order valence-electron chi connectivity index (χ0n) is 8.62. The van der Waals surface area contributed by atoms with Gasteiger partial charge in [-0.05, 0) is 18.8 Å². The molecular formula is C10H20N2O. The Morgan fingerprint density at radius 2 is 2.31 bits per heavy atom. The number of rotatable bonds is 3. The Hall–Kier alpha value is -0.570. The minimum Gasteiger partial charge on any atom is -0.341 e. The standard InChI is InChI=1S/C10H20N2O/c1-8(2)3-4-10(13)12-6-5-9(11)7-12/h8-9H,3-7,11H2,1-2H3. The molecule has 0 aromatic heterocycles. The van der Waals surface area contributed by atoms with Gasteiger partial charge in [0.05, 0.1) is 0 Å². The first-order valence-electron chi connectivity index (χ1n) is 5.13. The summed E-state index contributed by atoms with van der Waals surface area (Å²) in [6.07, 6.45) is 2.64. The Bertz CT molecular complexity index is 180. The molecule has 0 aliphatic carbocycles. The Kier molecular flexibility index (Phi) is 3.72. The van der Waals surface area contributed by atoms with Crippen LogP contribution >= 0.6 is 0 Å². The van der Waals surface area contributed by atoms with Gasteiger partial charge in [0.1, 0.15) is 0 Å². The molecule has 13 heavy (non-hydrogen) atoms. The highest BCUT2D eigenvalue weighted by molar-refractivity contribution is 5.76. The molecule has 1 atom stereocenters. The Balaban J connectivity index is 2.24. The van der Waals surface area contributed by atoms with Gasteiger partial charge in [-0.15, -0.1) is 0 Å². The lowest BCUT2D eigenvalue weighted by Crippen LogP contribution is -2.31. The second kappa shape index (κ2) is 4.61. The lowest BCUT2D eigenvalue weighted by Gasteiger charge is -2.16. The molecule has 1 rings (SSSR count). The monoisotopic (exact) mass is 184 g/mol. The van der Waals surface area contributed by atoms with Crippen LogP contribution in [0.3, 0.4) is 0 Å². The van der Waals surface area contributed by atoms with E-state index in [1.807, 2.05) is 4.90 Å². The van der Waals surface area contributed by atoms with Gasteiger partial charge in [-0.2, -0.15) is 0 Å². The zero-order valence-corrected chi connectivity index (χ0v) is 8.62. The van der Waals surface area contributed by atoms with E-state index in [1.165, 1.54) is 0 Å². The van der Waals surface area contributed by atoms with Crippen molar-refractivity contribution in [1.29, 1.82) is 0 Å². The van der Waals surface area contributed by atoms with Crippen LogP contribution < -0.4 is 5.73 Å². The maximum atomic E-state index is 11.6.